The van der Waals surface area contributed by atoms with E-state index in [9.17, 15) is 31.1 Å². The molecule has 0 spiro atoms. The fourth-order valence-electron chi connectivity index (χ4n) is 4.46. The molecule has 0 bridgehead atoms. The lowest BCUT2D eigenvalue weighted by molar-refractivity contribution is -0.138. The maximum Gasteiger partial charge on any atom is 0.417 e. The Morgan fingerprint density at radius 3 is 2.67 bits per heavy atom. The van der Waals surface area contributed by atoms with Gasteiger partial charge >= 0.3 is 6.18 Å². The number of hydrogen-bond donors (Lipinski definition) is 2. The van der Waals surface area contributed by atoms with Gasteiger partial charge in [-0.25, -0.2) is 17.8 Å². The highest BCUT2D eigenvalue weighted by Gasteiger charge is 2.39. The number of rotatable bonds is 10. The molecule has 0 saturated heterocycles. The van der Waals surface area contributed by atoms with Crippen LogP contribution in [0.4, 0.5) is 23.2 Å². The molecule has 43 heavy (non-hydrogen) atoms. The predicted molar refractivity (Wildman–Crippen MR) is 153 cm³/mol. The van der Waals surface area contributed by atoms with Crippen molar-refractivity contribution in [2.45, 2.75) is 36.9 Å². The van der Waals surface area contributed by atoms with Crippen LogP contribution in [0.2, 0.25) is 5.02 Å². The fraction of sp³-hybridized carbons (Fsp3) is 0.276. The summed E-state index contributed by atoms with van der Waals surface area (Å²) in [5.74, 6) is -1.25. The second-order valence-corrected chi connectivity index (χ2v) is 11.9. The molecular weight excluding hydrogens is 616 g/mol. The number of ether oxygens (including phenoxy) is 2. The van der Waals surface area contributed by atoms with Gasteiger partial charge in [0.05, 0.1) is 35.2 Å². The zero-order valence-corrected chi connectivity index (χ0v) is 24.3. The maximum absolute atomic E-state index is 14.5. The van der Waals surface area contributed by atoms with Crippen LogP contribution in [0.3, 0.4) is 0 Å². The van der Waals surface area contributed by atoms with Crippen LogP contribution in [-0.2, 0) is 16.2 Å². The SMILES string of the molecule is C=C(O)CC[C@H]1CN(S(=O)(=O)c2cc(C(F)(F)F)cnc2OCCO)c2cc(/C=C(\C)c3c(F)cccc3Cl)ccc2O1. The Morgan fingerprint density at radius 1 is 1.28 bits per heavy atom. The normalized spacial score (nSPS) is 15.6. The number of sulfonamides is 1. The molecular formula is C29H27ClF4N2O6S. The van der Waals surface area contributed by atoms with Crippen LogP contribution in [0.25, 0.3) is 11.6 Å². The van der Waals surface area contributed by atoms with E-state index in [1.165, 1.54) is 30.3 Å². The van der Waals surface area contributed by atoms with Crippen LogP contribution >= 0.6 is 11.6 Å². The summed E-state index contributed by atoms with van der Waals surface area (Å²) in [6, 6.07) is 9.15. The molecule has 0 fully saturated rings. The number of allylic oxidation sites excluding steroid dienone is 2. The van der Waals surface area contributed by atoms with Crippen molar-refractivity contribution in [2.75, 3.05) is 24.1 Å². The summed E-state index contributed by atoms with van der Waals surface area (Å²) in [6.07, 6.45) is -3.50. The Kier molecular flexibility index (Phi) is 9.57. The molecule has 3 aromatic rings. The number of hydrogen-bond acceptors (Lipinski definition) is 7. The van der Waals surface area contributed by atoms with E-state index in [1.807, 2.05) is 0 Å². The molecule has 0 radical (unpaired) electrons. The Hall–Kier alpha value is -3.81. The highest BCUT2D eigenvalue weighted by molar-refractivity contribution is 7.93. The second-order valence-electron chi connectivity index (χ2n) is 9.63. The Balaban J connectivity index is 1.86. The Bertz CT molecular complexity index is 1640. The van der Waals surface area contributed by atoms with Crippen LogP contribution < -0.4 is 13.8 Å². The van der Waals surface area contributed by atoms with Crippen LogP contribution in [0.15, 0.2) is 65.9 Å². The van der Waals surface area contributed by atoms with Gasteiger partial charge in [0, 0.05) is 18.2 Å². The van der Waals surface area contributed by atoms with Gasteiger partial charge in [-0.2, -0.15) is 13.2 Å². The van der Waals surface area contributed by atoms with Crippen molar-refractivity contribution in [3.05, 3.63) is 88.5 Å². The zero-order chi connectivity index (χ0) is 31.5. The van der Waals surface area contributed by atoms with E-state index in [-0.39, 0.29) is 47.2 Å². The summed E-state index contributed by atoms with van der Waals surface area (Å²) in [5.41, 5.74) is -0.340. The first-order valence-corrected chi connectivity index (χ1v) is 14.7. The lowest BCUT2D eigenvalue weighted by Crippen LogP contribution is -2.43. The number of fused-ring (bicyclic) bond motifs is 1. The molecule has 4 rings (SSSR count). The zero-order valence-electron chi connectivity index (χ0n) is 22.7. The van der Waals surface area contributed by atoms with Gasteiger partial charge in [0.15, 0.2) is 4.90 Å². The van der Waals surface area contributed by atoms with Gasteiger partial charge < -0.3 is 19.7 Å². The van der Waals surface area contributed by atoms with Crippen LogP contribution in [0, 0.1) is 5.82 Å². The molecule has 8 nitrogen and oxygen atoms in total. The minimum absolute atomic E-state index is 0.00854. The summed E-state index contributed by atoms with van der Waals surface area (Å²) in [5, 5.41) is 18.9. The molecule has 0 saturated carbocycles. The first-order valence-electron chi connectivity index (χ1n) is 12.9. The van der Waals surface area contributed by atoms with Crippen LogP contribution in [-0.4, -0.2) is 49.5 Å². The third-order valence-electron chi connectivity index (χ3n) is 6.45. The molecule has 1 atom stereocenters. The number of halogens is 5. The molecule has 1 aliphatic heterocycles. The van der Waals surface area contributed by atoms with Gasteiger partial charge in [-0.3, -0.25) is 4.31 Å². The molecule has 2 N–H and O–H groups in total. The van der Waals surface area contributed by atoms with Gasteiger partial charge in [0.1, 0.15) is 24.3 Å². The predicted octanol–water partition coefficient (Wildman–Crippen LogP) is 6.63. The van der Waals surface area contributed by atoms with Crippen molar-refractivity contribution >= 4 is 39.0 Å². The van der Waals surface area contributed by atoms with Crippen LogP contribution in [0.5, 0.6) is 11.6 Å². The van der Waals surface area contributed by atoms with Crippen molar-refractivity contribution in [1.82, 2.24) is 4.98 Å². The third-order valence-corrected chi connectivity index (χ3v) is 8.54. The summed E-state index contributed by atoms with van der Waals surface area (Å²) < 4.78 is 95.6. The third kappa shape index (κ3) is 7.23. The van der Waals surface area contributed by atoms with Gasteiger partial charge in [0.25, 0.3) is 10.0 Å². The number of alkyl halides is 3. The number of pyridine rings is 1. The number of anilines is 1. The summed E-state index contributed by atoms with van der Waals surface area (Å²) in [6.45, 7) is 3.73. The van der Waals surface area contributed by atoms with Crippen molar-refractivity contribution in [3.8, 4) is 11.6 Å². The van der Waals surface area contributed by atoms with Crippen molar-refractivity contribution in [2.24, 2.45) is 0 Å². The monoisotopic (exact) mass is 642 g/mol. The summed E-state index contributed by atoms with van der Waals surface area (Å²) >= 11 is 6.19. The molecule has 0 unspecified atom stereocenters. The maximum atomic E-state index is 14.5. The van der Waals surface area contributed by atoms with E-state index < -0.39 is 57.7 Å². The molecule has 2 aromatic carbocycles. The molecule has 2 heterocycles. The van der Waals surface area contributed by atoms with E-state index in [2.05, 4.69) is 11.6 Å². The van der Waals surface area contributed by atoms with Gasteiger partial charge in [-0.1, -0.05) is 36.4 Å². The van der Waals surface area contributed by atoms with E-state index >= 15 is 0 Å². The smallest absolute Gasteiger partial charge is 0.417 e. The second kappa shape index (κ2) is 12.8. The van der Waals surface area contributed by atoms with E-state index in [0.717, 1.165) is 4.31 Å². The van der Waals surface area contributed by atoms with Crippen molar-refractivity contribution in [1.29, 1.82) is 0 Å². The standard InChI is InChI=1S/C29H27ClF4N2O6S/c1-17(27-22(30)4-3-5-23(27)31)12-19-7-9-25-24(13-19)36(16-21(42-25)8-6-18(2)38)43(39,40)26-14-20(29(32,33)34)15-35-28(26)41-11-10-37/h3-5,7,9,12-15,21,37-38H,2,6,8,10-11,16H2,1H3/b17-12+/t21-/m0/s1. The molecule has 230 valence electrons. The minimum atomic E-state index is -4.91. The summed E-state index contributed by atoms with van der Waals surface area (Å²) in [4.78, 5) is 2.72. The average molecular weight is 643 g/mol. The minimum Gasteiger partial charge on any atom is -0.513 e. The number of aliphatic hydroxyl groups is 2. The molecule has 0 amide bonds. The van der Waals surface area contributed by atoms with Crippen molar-refractivity contribution < 1.29 is 45.7 Å². The van der Waals surface area contributed by atoms with E-state index in [1.54, 1.807) is 19.1 Å². The Morgan fingerprint density at radius 2 is 2.02 bits per heavy atom. The number of aromatic nitrogens is 1. The van der Waals surface area contributed by atoms with Gasteiger partial charge in [-0.05, 0) is 54.8 Å². The largest absolute Gasteiger partial charge is 0.513 e. The lowest BCUT2D eigenvalue weighted by Gasteiger charge is -2.36. The molecule has 14 heteroatoms. The number of benzene rings is 2. The molecule has 0 aliphatic carbocycles. The average Bonchev–Trinajstić information content (AvgIpc) is 2.93. The number of aliphatic hydroxyl groups excluding tert-OH is 2. The van der Waals surface area contributed by atoms with E-state index in [4.69, 9.17) is 26.2 Å². The number of nitrogens with zero attached hydrogens (tertiary/aromatic N) is 2. The fourth-order valence-corrected chi connectivity index (χ4v) is 6.38. The van der Waals surface area contributed by atoms with E-state index in [0.29, 0.717) is 23.4 Å². The Labute approximate surface area is 250 Å². The first kappa shape index (κ1) is 32.1. The molecule has 1 aliphatic rings. The molecule has 1 aromatic heterocycles. The van der Waals surface area contributed by atoms with Gasteiger partial charge in [-0.15, -0.1) is 0 Å². The van der Waals surface area contributed by atoms with Crippen molar-refractivity contribution in [3.63, 3.8) is 0 Å². The van der Waals surface area contributed by atoms with Crippen LogP contribution in [0.1, 0.15) is 36.5 Å². The van der Waals surface area contributed by atoms with Gasteiger partial charge in [0.2, 0.25) is 5.88 Å². The highest BCUT2D eigenvalue weighted by atomic mass is 35.5. The topological polar surface area (TPSA) is 109 Å². The quantitative estimate of drug-likeness (QED) is 0.145. The first-order chi connectivity index (χ1) is 20.2. The summed E-state index contributed by atoms with van der Waals surface area (Å²) in [7, 11) is -4.80. The lowest BCUT2D eigenvalue weighted by atomic mass is 10.0. The highest BCUT2D eigenvalue weighted by Crippen LogP contribution is 2.42.